The number of halogens is 1. The van der Waals surface area contributed by atoms with Crippen LogP contribution in [0.5, 0.6) is 5.75 Å². The number of rotatable bonds is 9. The molecule has 3 N–H and O–H groups in total. The number of allylic oxidation sites excluding steroid dienone is 1. The Morgan fingerprint density at radius 2 is 2.03 bits per heavy atom. The lowest BCUT2D eigenvalue weighted by molar-refractivity contribution is -0.125. The van der Waals surface area contributed by atoms with Crippen molar-refractivity contribution in [1.82, 2.24) is 16.0 Å². The van der Waals surface area contributed by atoms with E-state index in [9.17, 15) is 24.0 Å². The summed E-state index contributed by atoms with van der Waals surface area (Å²) in [5.74, 6) is -1.46. The van der Waals surface area contributed by atoms with Crippen LogP contribution < -0.4 is 20.7 Å². The standard InChI is InChI=1S/C21H23FN4O4/c22-15-3-5-17(6-4-15)30-12-19(27)26-18(9-13-1-2-13)21(29)25-16(11-23)10-14-7-8-24-20(14)28/h3-6,9,13-14,16H,1-2,7-8,10,12H2,(H,24,28)(H,25,29)(H,26,27)/b18-9-/t14-,16-/m0/s1. The van der Waals surface area contributed by atoms with Crippen molar-refractivity contribution in [1.29, 1.82) is 5.26 Å². The SMILES string of the molecule is N#C[C@H](C[C@@H]1CCNC1=O)NC(=O)/C(=C/C1CC1)NC(=O)COc1ccc(F)cc1. The van der Waals surface area contributed by atoms with Gasteiger partial charge in [-0.15, -0.1) is 0 Å². The second-order valence-corrected chi connectivity index (χ2v) is 7.38. The van der Waals surface area contributed by atoms with Gasteiger partial charge in [-0.3, -0.25) is 14.4 Å². The molecule has 9 heteroatoms. The third-order valence-electron chi connectivity index (χ3n) is 4.87. The molecule has 0 radical (unpaired) electrons. The van der Waals surface area contributed by atoms with Crippen molar-refractivity contribution in [2.45, 2.75) is 31.7 Å². The van der Waals surface area contributed by atoms with E-state index in [0.717, 1.165) is 12.8 Å². The van der Waals surface area contributed by atoms with Crippen molar-refractivity contribution < 1.29 is 23.5 Å². The summed E-state index contributed by atoms with van der Waals surface area (Å²) in [5.41, 5.74) is 0.0568. The summed E-state index contributed by atoms with van der Waals surface area (Å²) in [4.78, 5) is 36.6. The van der Waals surface area contributed by atoms with Gasteiger partial charge in [0.25, 0.3) is 11.8 Å². The van der Waals surface area contributed by atoms with Crippen molar-refractivity contribution in [2.24, 2.45) is 11.8 Å². The molecule has 0 unspecified atom stereocenters. The first-order chi connectivity index (χ1) is 14.4. The monoisotopic (exact) mass is 414 g/mol. The van der Waals surface area contributed by atoms with Gasteiger partial charge in [0, 0.05) is 12.5 Å². The second kappa shape index (κ2) is 9.87. The number of nitrogens with one attached hydrogen (secondary N) is 3. The molecule has 3 rings (SSSR count). The Morgan fingerprint density at radius 1 is 1.30 bits per heavy atom. The summed E-state index contributed by atoms with van der Waals surface area (Å²) in [6.45, 7) is 0.206. The smallest absolute Gasteiger partial charge is 0.268 e. The van der Waals surface area contributed by atoms with Gasteiger partial charge in [-0.05, 0) is 55.9 Å². The Kier molecular flexibility index (Phi) is 7.01. The molecule has 1 aliphatic carbocycles. The van der Waals surface area contributed by atoms with Gasteiger partial charge in [-0.1, -0.05) is 6.08 Å². The van der Waals surface area contributed by atoms with E-state index in [1.165, 1.54) is 24.3 Å². The Bertz CT molecular complexity index is 874. The molecule has 1 saturated carbocycles. The van der Waals surface area contributed by atoms with Gasteiger partial charge in [-0.25, -0.2) is 4.39 Å². The van der Waals surface area contributed by atoms with Crippen LogP contribution in [0.15, 0.2) is 36.0 Å². The highest BCUT2D eigenvalue weighted by Gasteiger charge is 2.29. The van der Waals surface area contributed by atoms with Gasteiger partial charge in [0.15, 0.2) is 6.61 Å². The molecule has 0 spiro atoms. The molecule has 158 valence electrons. The molecular weight excluding hydrogens is 391 g/mol. The van der Waals surface area contributed by atoms with E-state index in [1.54, 1.807) is 6.08 Å². The van der Waals surface area contributed by atoms with E-state index in [0.29, 0.717) is 18.7 Å². The molecule has 8 nitrogen and oxygen atoms in total. The predicted octanol–water partition coefficient (Wildman–Crippen LogP) is 1.15. The summed E-state index contributed by atoms with van der Waals surface area (Å²) < 4.78 is 18.2. The van der Waals surface area contributed by atoms with Gasteiger partial charge in [0.2, 0.25) is 5.91 Å². The summed E-state index contributed by atoms with van der Waals surface area (Å²) in [7, 11) is 0. The molecule has 2 aliphatic rings. The summed E-state index contributed by atoms with van der Waals surface area (Å²) >= 11 is 0. The molecule has 2 fully saturated rings. The number of carbonyl (C=O) groups excluding carboxylic acids is 3. The Hall–Kier alpha value is -3.41. The normalized spacial score (nSPS) is 19.4. The number of hydrogen-bond donors (Lipinski definition) is 3. The van der Waals surface area contributed by atoms with Crippen molar-refractivity contribution in [3.05, 3.63) is 41.9 Å². The molecule has 3 amide bonds. The number of nitrogens with zero attached hydrogens (tertiary/aromatic N) is 1. The Morgan fingerprint density at radius 3 is 2.63 bits per heavy atom. The summed E-state index contributed by atoms with van der Waals surface area (Å²) in [5, 5.41) is 17.2. The number of ether oxygens (including phenoxy) is 1. The van der Waals surface area contributed by atoms with Crippen LogP contribution in [0.2, 0.25) is 0 Å². The number of nitriles is 1. The lowest BCUT2D eigenvalue weighted by atomic mass is 9.99. The fourth-order valence-electron chi connectivity index (χ4n) is 3.07. The summed E-state index contributed by atoms with van der Waals surface area (Å²) in [6.07, 6.45) is 4.34. The lowest BCUT2D eigenvalue weighted by Gasteiger charge is -2.16. The van der Waals surface area contributed by atoms with Crippen LogP contribution >= 0.6 is 0 Å². The van der Waals surface area contributed by atoms with Crippen LogP contribution in [0.1, 0.15) is 25.7 Å². The topological polar surface area (TPSA) is 120 Å². The minimum Gasteiger partial charge on any atom is -0.484 e. The number of amides is 3. The Labute approximate surface area is 173 Å². The van der Waals surface area contributed by atoms with Crippen LogP contribution in [0.4, 0.5) is 4.39 Å². The average molecular weight is 414 g/mol. The Balaban J connectivity index is 1.55. The van der Waals surface area contributed by atoms with E-state index in [1.807, 2.05) is 6.07 Å². The van der Waals surface area contributed by atoms with Crippen molar-refractivity contribution in [3.63, 3.8) is 0 Å². The third-order valence-corrected chi connectivity index (χ3v) is 4.87. The molecule has 2 atom stereocenters. The van der Waals surface area contributed by atoms with Crippen molar-refractivity contribution in [3.8, 4) is 11.8 Å². The van der Waals surface area contributed by atoms with Crippen molar-refractivity contribution >= 4 is 17.7 Å². The first-order valence-electron chi connectivity index (χ1n) is 9.83. The van der Waals surface area contributed by atoms with Crippen LogP contribution in [0, 0.1) is 29.0 Å². The molecular formula is C21H23FN4O4. The predicted molar refractivity (Wildman–Crippen MR) is 104 cm³/mol. The zero-order chi connectivity index (χ0) is 21.5. The highest BCUT2D eigenvalue weighted by molar-refractivity contribution is 5.98. The van der Waals surface area contributed by atoms with Crippen LogP contribution in [0.3, 0.4) is 0 Å². The first-order valence-corrected chi connectivity index (χ1v) is 9.83. The molecule has 30 heavy (non-hydrogen) atoms. The van der Waals surface area contributed by atoms with Gasteiger partial charge in [-0.2, -0.15) is 5.26 Å². The highest BCUT2D eigenvalue weighted by atomic mass is 19.1. The fraction of sp³-hybridized carbons (Fsp3) is 0.429. The molecule has 1 aromatic carbocycles. The van der Waals surface area contributed by atoms with E-state index < -0.39 is 23.7 Å². The number of carbonyl (C=O) groups is 3. The van der Waals surface area contributed by atoms with Crippen LogP contribution in [0.25, 0.3) is 0 Å². The van der Waals surface area contributed by atoms with Crippen LogP contribution in [-0.2, 0) is 14.4 Å². The maximum absolute atomic E-state index is 12.9. The molecule has 1 heterocycles. The summed E-state index contributed by atoms with van der Waals surface area (Å²) in [6, 6.07) is 6.38. The maximum Gasteiger partial charge on any atom is 0.268 e. The number of benzene rings is 1. The second-order valence-electron chi connectivity index (χ2n) is 7.38. The fourth-order valence-corrected chi connectivity index (χ4v) is 3.07. The molecule has 1 aromatic rings. The maximum atomic E-state index is 12.9. The van der Waals surface area contributed by atoms with E-state index in [2.05, 4.69) is 16.0 Å². The van der Waals surface area contributed by atoms with Gasteiger partial charge in [0.1, 0.15) is 23.3 Å². The molecule has 1 aliphatic heterocycles. The minimum atomic E-state index is -0.846. The van der Waals surface area contributed by atoms with E-state index in [-0.39, 0.29) is 36.5 Å². The molecule has 1 saturated heterocycles. The van der Waals surface area contributed by atoms with E-state index in [4.69, 9.17) is 4.74 Å². The first kappa shape index (κ1) is 21.3. The largest absolute Gasteiger partial charge is 0.484 e. The van der Waals surface area contributed by atoms with Gasteiger partial charge in [0.05, 0.1) is 6.07 Å². The quantitative estimate of drug-likeness (QED) is 0.524. The van der Waals surface area contributed by atoms with Gasteiger partial charge < -0.3 is 20.7 Å². The van der Waals surface area contributed by atoms with Gasteiger partial charge >= 0.3 is 0 Å². The minimum absolute atomic E-state index is 0.0568. The average Bonchev–Trinajstić information content (AvgIpc) is 3.46. The van der Waals surface area contributed by atoms with Crippen LogP contribution in [-0.4, -0.2) is 36.9 Å². The van der Waals surface area contributed by atoms with E-state index >= 15 is 0 Å². The zero-order valence-corrected chi connectivity index (χ0v) is 16.3. The molecule has 0 bridgehead atoms. The van der Waals surface area contributed by atoms with Crippen molar-refractivity contribution in [2.75, 3.05) is 13.2 Å². The molecule has 0 aromatic heterocycles. The highest BCUT2D eigenvalue weighted by Crippen LogP contribution is 2.31. The zero-order valence-electron chi connectivity index (χ0n) is 16.3. The third kappa shape index (κ3) is 6.30. The lowest BCUT2D eigenvalue weighted by Crippen LogP contribution is -2.42. The number of hydrogen-bond acceptors (Lipinski definition) is 5.